The number of aryl methyl sites for hydroxylation is 1. The number of ether oxygens (including phenoxy) is 1. The van der Waals surface area contributed by atoms with Gasteiger partial charge in [0.15, 0.2) is 5.76 Å². The van der Waals surface area contributed by atoms with Gasteiger partial charge in [-0.25, -0.2) is 8.42 Å². The van der Waals surface area contributed by atoms with Crippen molar-refractivity contribution in [3.63, 3.8) is 0 Å². The van der Waals surface area contributed by atoms with Crippen LogP contribution in [-0.2, 0) is 23.1 Å². The number of fused-ring (bicyclic) bond motifs is 3. The summed E-state index contributed by atoms with van der Waals surface area (Å²) in [7, 11) is -3.73. The SMILES string of the molecule is CCc1cccc(NS(=O)(=O)c2ccc3c(c2)-c2oncc2CO3)c1. The molecule has 0 bridgehead atoms. The number of rotatable bonds is 4. The Balaban J connectivity index is 1.71. The first kappa shape index (κ1) is 15.7. The van der Waals surface area contributed by atoms with Gasteiger partial charge in [0.25, 0.3) is 10.0 Å². The molecule has 1 aromatic heterocycles. The monoisotopic (exact) mass is 356 g/mol. The predicted octanol–water partition coefficient (Wildman–Crippen LogP) is 3.60. The maximum atomic E-state index is 12.7. The number of aromatic nitrogens is 1. The Morgan fingerprint density at radius 2 is 2.08 bits per heavy atom. The lowest BCUT2D eigenvalue weighted by molar-refractivity contribution is 0.297. The Bertz CT molecular complexity index is 1040. The van der Waals surface area contributed by atoms with E-state index in [2.05, 4.69) is 9.88 Å². The van der Waals surface area contributed by atoms with Crippen LogP contribution in [0.1, 0.15) is 18.1 Å². The molecule has 0 atom stereocenters. The van der Waals surface area contributed by atoms with E-state index in [1.807, 2.05) is 25.1 Å². The fourth-order valence-corrected chi connectivity index (χ4v) is 3.86. The Kier molecular flexibility index (Phi) is 3.73. The topological polar surface area (TPSA) is 81.4 Å². The number of sulfonamides is 1. The van der Waals surface area contributed by atoms with E-state index in [1.165, 1.54) is 6.07 Å². The van der Waals surface area contributed by atoms with Crippen molar-refractivity contribution in [3.05, 3.63) is 59.8 Å². The lowest BCUT2D eigenvalue weighted by Crippen LogP contribution is -2.14. The van der Waals surface area contributed by atoms with E-state index in [1.54, 1.807) is 24.4 Å². The summed E-state index contributed by atoms with van der Waals surface area (Å²) in [6.07, 6.45) is 2.41. The molecule has 25 heavy (non-hydrogen) atoms. The third-order valence-corrected chi connectivity index (χ3v) is 5.50. The molecule has 0 aliphatic carbocycles. The normalized spacial score (nSPS) is 12.8. The quantitative estimate of drug-likeness (QED) is 0.772. The van der Waals surface area contributed by atoms with Gasteiger partial charge in [-0.2, -0.15) is 0 Å². The summed E-state index contributed by atoms with van der Waals surface area (Å²) in [4.78, 5) is 0.140. The third kappa shape index (κ3) is 2.87. The highest BCUT2D eigenvalue weighted by atomic mass is 32.2. The Hall–Kier alpha value is -2.80. The molecular formula is C18H16N2O4S. The minimum absolute atomic E-state index is 0.140. The van der Waals surface area contributed by atoms with E-state index in [4.69, 9.17) is 9.26 Å². The van der Waals surface area contributed by atoms with Crippen LogP contribution in [0.2, 0.25) is 0 Å². The molecule has 2 heterocycles. The number of hydrogen-bond donors (Lipinski definition) is 1. The highest BCUT2D eigenvalue weighted by Gasteiger charge is 2.24. The molecule has 0 amide bonds. The molecule has 0 saturated carbocycles. The molecule has 0 unspecified atom stereocenters. The number of nitrogens with one attached hydrogen (secondary N) is 1. The third-order valence-electron chi connectivity index (χ3n) is 4.12. The highest BCUT2D eigenvalue weighted by molar-refractivity contribution is 7.92. The molecule has 0 saturated heterocycles. The Morgan fingerprint density at radius 3 is 2.92 bits per heavy atom. The minimum Gasteiger partial charge on any atom is -0.488 e. The zero-order valence-electron chi connectivity index (χ0n) is 13.5. The van der Waals surface area contributed by atoms with E-state index in [0.29, 0.717) is 29.4 Å². The van der Waals surface area contributed by atoms with Gasteiger partial charge in [0.1, 0.15) is 12.4 Å². The molecular weight excluding hydrogens is 340 g/mol. The molecule has 1 aliphatic rings. The van der Waals surface area contributed by atoms with E-state index >= 15 is 0 Å². The van der Waals surface area contributed by atoms with Gasteiger partial charge in [-0.1, -0.05) is 24.2 Å². The molecule has 1 aliphatic heterocycles. The average molecular weight is 356 g/mol. The molecule has 128 valence electrons. The second kappa shape index (κ2) is 5.93. The molecule has 1 N–H and O–H groups in total. The van der Waals surface area contributed by atoms with Crippen LogP contribution >= 0.6 is 0 Å². The van der Waals surface area contributed by atoms with Gasteiger partial charge in [0.2, 0.25) is 0 Å². The molecule has 0 radical (unpaired) electrons. The van der Waals surface area contributed by atoms with Crippen molar-refractivity contribution in [2.45, 2.75) is 24.8 Å². The van der Waals surface area contributed by atoms with Gasteiger partial charge >= 0.3 is 0 Å². The molecule has 4 rings (SSSR count). The summed E-state index contributed by atoms with van der Waals surface area (Å²) >= 11 is 0. The first-order valence-electron chi connectivity index (χ1n) is 7.89. The predicted molar refractivity (Wildman–Crippen MR) is 92.9 cm³/mol. The van der Waals surface area contributed by atoms with Gasteiger partial charge in [0.05, 0.1) is 22.2 Å². The van der Waals surface area contributed by atoms with Gasteiger partial charge in [-0.15, -0.1) is 0 Å². The number of nitrogens with zero attached hydrogens (tertiary/aromatic N) is 1. The lowest BCUT2D eigenvalue weighted by Gasteiger charge is -2.17. The zero-order valence-corrected chi connectivity index (χ0v) is 14.3. The first-order chi connectivity index (χ1) is 12.1. The van der Waals surface area contributed by atoms with E-state index in [9.17, 15) is 8.42 Å². The van der Waals surface area contributed by atoms with Crippen LogP contribution in [0.4, 0.5) is 5.69 Å². The number of benzene rings is 2. The summed E-state index contributed by atoms with van der Waals surface area (Å²) < 4.78 is 39.0. The standard InChI is InChI=1S/C18H16N2O4S/c1-2-12-4-3-5-14(8-12)20-25(21,22)15-6-7-17-16(9-15)18-13(11-23-17)10-19-24-18/h3-10,20H,2,11H2,1H3. The molecule has 0 spiro atoms. The second-order valence-corrected chi connectivity index (χ2v) is 7.47. The van der Waals surface area contributed by atoms with Gasteiger partial charge in [-0.05, 0) is 42.3 Å². The second-order valence-electron chi connectivity index (χ2n) is 5.79. The molecule has 2 aromatic carbocycles. The van der Waals surface area contributed by atoms with Crippen LogP contribution in [-0.4, -0.2) is 13.6 Å². The van der Waals surface area contributed by atoms with Crippen molar-refractivity contribution in [3.8, 4) is 17.1 Å². The van der Waals surface area contributed by atoms with Crippen molar-refractivity contribution in [2.75, 3.05) is 4.72 Å². The highest BCUT2D eigenvalue weighted by Crippen LogP contribution is 2.38. The number of anilines is 1. The van der Waals surface area contributed by atoms with Crippen molar-refractivity contribution >= 4 is 15.7 Å². The van der Waals surface area contributed by atoms with E-state index < -0.39 is 10.0 Å². The van der Waals surface area contributed by atoms with Crippen molar-refractivity contribution in [2.24, 2.45) is 0 Å². The maximum absolute atomic E-state index is 12.7. The lowest BCUT2D eigenvalue weighted by atomic mass is 10.1. The van der Waals surface area contributed by atoms with Crippen LogP contribution in [0.3, 0.4) is 0 Å². The van der Waals surface area contributed by atoms with Crippen LogP contribution in [0, 0.1) is 0 Å². The van der Waals surface area contributed by atoms with Crippen molar-refractivity contribution < 1.29 is 17.7 Å². The smallest absolute Gasteiger partial charge is 0.261 e. The van der Waals surface area contributed by atoms with E-state index in [0.717, 1.165) is 17.5 Å². The first-order valence-corrected chi connectivity index (χ1v) is 9.37. The zero-order chi connectivity index (χ0) is 17.4. The summed E-state index contributed by atoms with van der Waals surface area (Å²) in [5, 5.41) is 3.76. The fraction of sp³-hybridized carbons (Fsp3) is 0.167. The molecule has 0 fully saturated rings. The fourth-order valence-electron chi connectivity index (χ4n) is 2.79. The maximum Gasteiger partial charge on any atom is 0.261 e. The molecule has 3 aromatic rings. The van der Waals surface area contributed by atoms with E-state index in [-0.39, 0.29) is 4.90 Å². The van der Waals surface area contributed by atoms with Crippen LogP contribution in [0.5, 0.6) is 5.75 Å². The summed E-state index contributed by atoms with van der Waals surface area (Å²) in [5.74, 6) is 1.13. The van der Waals surface area contributed by atoms with Gasteiger partial charge in [-0.3, -0.25) is 4.72 Å². The van der Waals surface area contributed by atoms with Crippen LogP contribution in [0.15, 0.2) is 58.1 Å². The molecule has 7 heteroatoms. The Morgan fingerprint density at radius 1 is 1.20 bits per heavy atom. The van der Waals surface area contributed by atoms with Gasteiger partial charge in [0, 0.05) is 5.69 Å². The largest absolute Gasteiger partial charge is 0.488 e. The minimum atomic E-state index is -3.73. The Labute approximate surface area is 145 Å². The van der Waals surface area contributed by atoms with Crippen molar-refractivity contribution in [1.29, 1.82) is 0 Å². The van der Waals surface area contributed by atoms with Crippen LogP contribution in [0.25, 0.3) is 11.3 Å². The van der Waals surface area contributed by atoms with Crippen LogP contribution < -0.4 is 9.46 Å². The summed E-state index contributed by atoms with van der Waals surface area (Å²) in [6, 6.07) is 12.0. The number of hydrogen-bond acceptors (Lipinski definition) is 5. The summed E-state index contributed by atoms with van der Waals surface area (Å²) in [5.41, 5.74) is 2.98. The van der Waals surface area contributed by atoms with Gasteiger partial charge < -0.3 is 9.26 Å². The average Bonchev–Trinajstić information content (AvgIpc) is 3.10. The van der Waals surface area contributed by atoms with Crippen molar-refractivity contribution in [1.82, 2.24) is 5.16 Å². The summed E-state index contributed by atoms with van der Waals surface area (Å²) in [6.45, 7) is 2.38. The molecule has 6 nitrogen and oxygen atoms in total.